The molecule has 5 heteroatoms. The molecule has 0 saturated carbocycles. The van der Waals surface area contributed by atoms with E-state index >= 15 is 0 Å². The lowest BCUT2D eigenvalue weighted by Crippen LogP contribution is -2.17. The number of halogens is 1. The normalized spacial score (nSPS) is 10.5. The van der Waals surface area contributed by atoms with Gasteiger partial charge in [-0.25, -0.2) is 4.98 Å². The van der Waals surface area contributed by atoms with Gasteiger partial charge in [0, 0.05) is 10.6 Å². The van der Waals surface area contributed by atoms with Crippen molar-refractivity contribution in [1.29, 1.82) is 0 Å². The van der Waals surface area contributed by atoms with Gasteiger partial charge in [-0.1, -0.05) is 18.5 Å². The second kappa shape index (κ2) is 4.59. The van der Waals surface area contributed by atoms with Crippen molar-refractivity contribution in [3.63, 3.8) is 0 Å². The Hall–Kier alpha value is -1.81. The molecule has 2 aromatic rings. The van der Waals surface area contributed by atoms with Crippen LogP contribution in [0.5, 0.6) is 0 Å². The number of hydrogen-bond acceptors (Lipinski definition) is 3. The molecule has 1 aromatic heterocycles. The maximum Gasteiger partial charge on any atom is 0.256 e. The van der Waals surface area contributed by atoms with E-state index in [0.717, 1.165) is 5.56 Å². The van der Waals surface area contributed by atoms with Gasteiger partial charge in [-0.2, -0.15) is 0 Å². The van der Waals surface area contributed by atoms with Gasteiger partial charge in [-0.3, -0.25) is 4.79 Å². The summed E-state index contributed by atoms with van der Waals surface area (Å²) < 4.78 is 0. The van der Waals surface area contributed by atoms with E-state index in [4.69, 9.17) is 17.3 Å². The van der Waals surface area contributed by atoms with E-state index in [-0.39, 0.29) is 11.4 Å². The first kappa shape index (κ1) is 11.7. The lowest BCUT2D eigenvalue weighted by atomic mass is 10.2. The third kappa shape index (κ3) is 2.31. The zero-order valence-corrected chi connectivity index (χ0v) is 10.1. The van der Waals surface area contributed by atoms with Crippen LogP contribution in [-0.4, -0.2) is 9.97 Å². The number of benzene rings is 1. The van der Waals surface area contributed by atoms with Crippen molar-refractivity contribution in [3.05, 3.63) is 45.2 Å². The molecule has 17 heavy (non-hydrogen) atoms. The van der Waals surface area contributed by atoms with E-state index in [0.29, 0.717) is 22.8 Å². The number of nitrogen functional groups attached to an aromatic ring is 1. The fraction of sp³-hybridized carbons (Fsp3) is 0.167. The molecule has 0 bridgehead atoms. The van der Waals surface area contributed by atoms with E-state index in [1.165, 1.54) is 0 Å². The quantitative estimate of drug-likeness (QED) is 0.857. The summed E-state index contributed by atoms with van der Waals surface area (Å²) >= 11 is 5.79. The Kier molecular flexibility index (Phi) is 3.15. The summed E-state index contributed by atoms with van der Waals surface area (Å²) in [7, 11) is 0. The van der Waals surface area contributed by atoms with Gasteiger partial charge in [0.25, 0.3) is 5.56 Å². The zero-order chi connectivity index (χ0) is 12.4. The van der Waals surface area contributed by atoms with E-state index in [9.17, 15) is 4.79 Å². The molecule has 0 atom stereocenters. The minimum Gasteiger partial charge on any atom is -0.383 e. The highest BCUT2D eigenvalue weighted by Gasteiger charge is 2.08. The number of aromatic nitrogens is 2. The largest absolute Gasteiger partial charge is 0.383 e. The third-order valence-electron chi connectivity index (χ3n) is 2.52. The minimum atomic E-state index is -0.190. The zero-order valence-electron chi connectivity index (χ0n) is 9.33. The average Bonchev–Trinajstić information content (AvgIpc) is 2.29. The molecule has 0 aliphatic heterocycles. The third-order valence-corrected chi connectivity index (χ3v) is 2.77. The van der Waals surface area contributed by atoms with Crippen molar-refractivity contribution in [2.45, 2.75) is 13.3 Å². The Morgan fingerprint density at radius 1 is 1.35 bits per heavy atom. The Balaban J connectivity index is 2.54. The molecule has 0 fully saturated rings. The Labute approximate surface area is 103 Å². The molecule has 0 saturated heterocycles. The Bertz CT molecular complexity index is 590. The van der Waals surface area contributed by atoms with Crippen LogP contribution in [0.3, 0.4) is 0 Å². The number of hydrogen-bond donors (Lipinski definition) is 2. The number of nitrogens with two attached hydrogens (primary N) is 1. The van der Waals surface area contributed by atoms with Crippen molar-refractivity contribution in [3.8, 4) is 11.4 Å². The predicted octanol–water partition coefficient (Wildman–Crippen LogP) is 2.23. The maximum absolute atomic E-state index is 11.7. The summed E-state index contributed by atoms with van der Waals surface area (Å²) in [5.74, 6) is 0.738. The monoisotopic (exact) mass is 249 g/mol. The predicted molar refractivity (Wildman–Crippen MR) is 69.1 cm³/mol. The molecule has 4 nitrogen and oxygen atoms in total. The Morgan fingerprint density at radius 3 is 2.53 bits per heavy atom. The van der Waals surface area contributed by atoms with Crippen LogP contribution in [0.15, 0.2) is 29.1 Å². The second-order valence-electron chi connectivity index (χ2n) is 3.64. The summed E-state index contributed by atoms with van der Waals surface area (Å²) in [5.41, 5.74) is 6.85. The Morgan fingerprint density at radius 2 is 2.00 bits per heavy atom. The maximum atomic E-state index is 11.7. The van der Waals surface area contributed by atoms with Gasteiger partial charge in [0.1, 0.15) is 11.6 Å². The van der Waals surface area contributed by atoms with E-state index in [2.05, 4.69) is 9.97 Å². The summed E-state index contributed by atoms with van der Waals surface area (Å²) in [6.45, 7) is 1.87. The SMILES string of the molecule is CCc1c(N)nc(-c2ccc(Cl)cc2)[nH]c1=O. The molecular formula is C12H12ClN3O. The molecule has 88 valence electrons. The number of nitrogens with zero attached hydrogens (tertiary/aromatic N) is 1. The second-order valence-corrected chi connectivity index (χ2v) is 4.08. The number of H-pyrrole nitrogens is 1. The van der Waals surface area contributed by atoms with Crippen LogP contribution in [0, 0.1) is 0 Å². The molecule has 2 rings (SSSR count). The molecule has 0 amide bonds. The number of aromatic amines is 1. The van der Waals surface area contributed by atoms with Gasteiger partial charge in [-0.15, -0.1) is 0 Å². The fourth-order valence-corrected chi connectivity index (χ4v) is 1.73. The highest BCUT2D eigenvalue weighted by molar-refractivity contribution is 6.30. The smallest absolute Gasteiger partial charge is 0.256 e. The van der Waals surface area contributed by atoms with Crippen LogP contribution < -0.4 is 11.3 Å². The van der Waals surface area contributed by atoms with Crippen molar-refractivity contribution in [2.24, 2.45) is 0 Å². The van der Waals surface area contributed by atoms with Crippen molar-refractivity contribution in [2.75, 3.05) is 5.73 Å². The van der Waals surface area contributed by atoms with Gasteiger partial charge in [-0.05, 0) is 30.7 Å². The molecule has 0 radical (unpaired) electrons. The topological polar surface area (TPSA) is 71.8 Å². The fourth-order valence-electron chi connectivity index (χ4n) is 1.60. The molecule has 0 aliphatic rings. The molecule has 0 unspecified atom stereocenters. The molecule has 0 aliphatic carbocycles. The van der Waals surface area contributed by atoms with Crippen LogP contribution in [0.1, 0.15) is 12.5 Å². The molecule has 3 N–H and O–H groups in total. The standard InChI is InChI=1S/C12H12ClN3O/c1-2-9-10(14)15-11(16-12(9)17)7-3-5-8(13)6-4-7/h3-6H,2H2,1H3,(H3,14,15,16,17). The highest BCUT2D eigenvalue weighted by Crippen LogP contribution is 2.18. The summed E-state index contributed by atoms with van der Waals surface area (Å²) in [5, 5.41) is 0.634. The van der Waals surface area contributed by atoms with E-state index < -0.39 is 0 Å². The molecule has 1 aromatic carbocycles. The first-order valence-electron chi connectivity index (χ1n) is 5.26. The van der Waals surface area contributed by atoms with Crippen molar-refractivity contribution in [1.82, 2.24) is 9.97 Å². The summed E-state index contributed by atoms with van der Waals surface area (Å²) in [4.78, 5) is 18.6. The lowest BCUT2D eigenvalue weighted by Gasteiger charge is -2.05. The van der Waals surface area contributed by atoms with E-state index in [1.807, 2.05) is 6.92 Å². The molecule has 1 heterocycles. The first-order valence-corrected chi connectivity index (χ1v) is 5.64. The minimum absolute atomic E-state index is 0.190. The number of rotatable bonds is 2. The van der Waals surface area contributed by atoms with Crippen LogP contribution in [0.4, 0.5) is 5.82 Å². The van der Waals surface area contributed by atoms with Crippen molar-refractivity contribution >= 4 is 17.4 Å². The molecular weight excluding hydrogens is 238 g/mol. The average molecular weight is 250 g/mol. The van der Waals surface area contributed by atoms with Crippen LogP contribution in [-0.2, 0) is 6.42 Å². The first-order chi connectivity index (χ1) is 8.11. The van der Waals surface area contributed by atoms with Gasteiger partial charge < -0.3 is 10.7 Å². The van der Waals surface area contributed by atoms with Crippen LogP contribution >= 0.6 is 11.6 Å². The molecule has 0 spiro atoms. The highest BCUT2D eigenvalue weighted by atomic mass is 35.5. The summed E-state index contributed by atoms with van der Waals surface area (Å²) in [6.07, 6.45) is 0.565. The van der Waals surface area contributed by atoms with Gasteiger partial charge in [0.05, 0.1) is 5.56 Å². The number of nitrogens with one attached hydrogen (secondary N) is 1. The van der Waals surface area contributed by atoms with Gasteiger partial charge in [0.2, 0.25) is 0 Å². The number of anilines is 1. The van der Waals surface area contributed by atoms with E-state index in [1.54, 1.807) is 24.3 Å². The summed E-state index contributed by atoms with van der Waals surface area (Å²) in [6, 6.07) is 7.04. The van der Waals surface area contributed by atoms with Crippen LogP contribution in [0.25, 0.3) is 11.4 Å². The van der Waals surface area contributed by atoms with Crippen LogP contribution in [0.2, 0.25) is 5.02 Å². The van der Waals surface area contributed by atoms with Gasteiger partial charge in [0.15, 0.2) is 0 Å². The van der Waals surface area contributed by atoms with Crippen molar-refractivity contribution < 1.29 is 0 Å². The van der Waals surface area contributed by atoms with Gasteiger partial charge >= 0.3 is 0 Å². The lowest BCUT2D eigenvalue weighted by molar-refractivity contribution is 1.02.